The number of aromatic nitrogens is 1. The number of rotatable bonds is 5. The first-order valence-electron chi connectivity index (χ1n) is 7.84. The fourth-order valence-electron chi connectivity index (χ4n) is 2.68. The highest BCUT2D eigenvalue weighted by Gasteiger charge is 2.09. The van der Waals surface area contributed by atoms with Crippen molar-refractivity contribution >= 4 is 34.1 Å². The van der Waals surface area contributed by atoms with Crippen LogP contribution in [0.1, 0.15) is 12.5 Å². The Morgan fingerprint density at radius 3 is 2.79 bits per heavy atom. The van der Waals surface area contributed by atoms with Crippen molar-refractivity contribution < 1.29 is 9.53 Å². The number of halogens is 1. The monoisotopic (exact) mass is 342 g/mol. The summed E-state index contributed by atoms with van der Waals surface area (Å²) in [7, 11) is 0. The summed E-state index contributed by atoms with van der Waals surface area (Å²) in [5, 5.41) is 4.64. The molecular weight excluding hydrogens is 324 g/mol. The van der Waals surface area contributed by atoms with Gasteiger partial charge in [0.15, 0.2) is 0 Å². The predicted octanol–water partition coefficient (Wildman–Crippen LogP) is 4.64. The average molecular weight is 343 g/mol. The molecule has 0 unspecified atom stereocenters. The Balaban J connectivity index is 1.75. The van der Waals surface area contributed by atoms with Crippen LogP contribution in [0.4, 0.5) is 5.69 Å². The van der Waals surface area contributed by atoms with Crippen LogP contribution in [0.15, 0.2) is 48.7 Å². The van der Waals surface area contributed by atoms with Crippen LogP contribution in [0, 0.1) is 6.92 Å². The van der Waals surface area contributed by atoms with E-state index in [0.717, 1.165) is 27.9 Å². The number of nitrogens with one attached hydrogen (secondary N) is 1. The maximum atomic E-state index is 12.3. The lowest BCUT2D eigenvalue weighted by Crippen LogP contribution is -2.18. The van der Waals surface area contributed by atoms with Crippen molar-refractivity contribution in [2.75, 3.05) is 11.9 Å². The molecule has 1 aromatic heterocycles. The van der Waals surface area contributed by atoms with Crippen molar-refractivity contribution in [3.05, 3.63) is 59.2 Å². The zero-order valence-corrected chi connectivity index (χ0v) is 14.4. The molecule has 1 amide bonds. The molecule has 3 rings (SSSR count). The first kappa shape index (κ1) is 16.4. The Morgan fingerprint density at radius 2 is 2.04 bits per heavy atom. The lowest BCUT2D eigenvalue weighted by Gasteiger charge is -2.10. The molecule has 0 fully saturated rings. The van der Waals surface area contributed by atoms with Gasteiger partial charge in [-0.2, -0.15) is 0 Å². The molecule has 1 heterocycles. The van der Waals surface area contributed by atoms with E-state index in [0.29, 0.717) is 11.6 Å². The van der Waals surface area contributed by atoms with Crippen molar-refractivity contribution in [2.45, 2.75) is 20.4 Å². The average Bonchev–Trinajstić information content (AvgIpc) is 2.93. The highest BCUT2D eigenvalue weighted by atomic mass is 35.5. The summed E-state index contributed by atoms with van der Waals surface area (Å²) in [6.45, 7) is 4.76. The number of carbonyl (C=O) groups excluding carboxylic acids is 1. The SMILES string of the molecule is CCOc1ccc2c(ccn2CC(=O)Nc2ccc(Cl)cc2C)c1. The number of hydrogen-bond donors (Lipinski definition) is 1. The number of fused-ring (bicyclic) bond motifs is 1. The molecule has 0 aliphatic heterocycles. The van der Waals surface area contributed by atoms with Crippen molar-refractivity contribution in [1.29, 1.82) is 0 Å². The molecule has 24 heavy (non-hydrogen) atoms. The second-order valence-corrected chi connectivity index (χ2v) is 6.04. The molecular formula is C19H19ClN2O2. The molecule has 3 aromatic rings. The van der Waals surface area contributed by atoms with Crippen LogP contribution in [0.3, 0.4) is 0 Å². The van der Waals surface area contributed by atoms with Gasteiger partial charge in [-0.3, -0.25) is 4.79 Å². The van der Waals surface area contributed by atoms with Crippen LogP contribution in [-0.4, -0.2) is 17.1 Å². The fourth-order valence-corrected chi connectivity index (χ4v) is 2.91. The Morgan fingerprint density at radius 1 is 1.21 bits per heavy atom. The van der Waals surface area contributed by atoms with E-state index in [-0.39, 0.29) is 12.5 Å². The summed E-state index contributed by atoms with van der Waals surface area (Å²) < 4.78 is 7.43. The second kappa shape index (κ2) is 6.97. The van der Waals surface area contributed by atoms with Gasteiger partial charge in [0.1, 0.15) is 12.3 Å². The molecule has 0 atom stereocenters. The Labute approximate surface area is 146 Å². The van der Waals surface area contributed by atoms with Crippen molar-refractivity contribution in [2.24, 2.45) is 0 Å². The van der Waals surface area contributed by atoms with Gasteiger partial charge in [-0.25, -0.2) is 0 Å². The van der Waals surface area contributed by atoms with E-state index >= 15 is 0 Å². The predicted molar refractivity (Wildman–Crippen MR) is 97.9 cm³/mol. The molecule has 0 radical (unpaired) electrons. The van der Waals surface area contributed by atoms with Crippen LogP contribution in [0.2, 0.25) is 5.02 Å². The fraction of sp³-hybridized carbons (Fsp3) is 0.211. The summed E-state index contributed by atoms with van der Waals surface area (Å²) in [5.74, 6) is 0.760. The number of benzene rings is 2. The summed E-state index contributed by atoms with van der Waals surface area (Å²) >= 11 is 5.94. The Hall–Kier alpha value is -2.46. The minimum absolute atomic E-state index is 0.0770. The van der Waals surface area contributed by atoms with Gasteiger partial charge in [0.2, 0.25) is 5.91 Å². The lowest BCUT2D eigenvalue weighted by molar-refractivity contribution is -0.116. The molecule has 0 bridgehead atoms. The molecule has 5 heteroatoms. The van der Waals surface area contributed by atoms with Crippen molar-refractivity contribution in [1.82, 2.24) is 4.57 Å². The minimum Gasteiger partial charge on any atom is -0.494 e. The van der Waals surface area contributed by atoms with Crippen LogP contribution < -0.4 is 10.1 Å². The third-order valence-corrected chi connectivity index (χ3v) is 4.07. The third kappa shape index (κ3) is 3.54. The highest BCUT2D eigenvalue weighted by molar-refractivity contribution is 6.30. The molecule has 0 saturated heterocycles. The number of nitrogens with zero attached hydrogens (tertiary/aromatic N) is 1. The van der Waals surface area contributed by atoms with E-state index in [1.165, 1.54) is 0 Å². The molecule has 0 spiro atoms. The smallest absolute Gasteiger partial charge is 0.244 e. The first-order valence-corrected chi connectivity index (χ1v) is 8.22. The summed E-state index contributed by atoms with van der Waals surface area (Å²) in [5.41, 5.74) is 2.72. The molecule has 1 N–H and O–H groups in total. The number of amides is 1. The Kier molecular flexibility index (Phi) is 4.76. The van der Waals surface area contributed by atoms with Crippen molar-refractivity contribution in [3.8, 4) is 5.75 Å². The van der Waals surface area contributed by atoms with Gasteiger partial charge in [-0.05, 0) is 61.9 Å². The topological polar surface area (TPSA) is 43.3 Å². The van der Waals surface area contributed by atoms with Gasteiger partial charge in [0, 0.05) is 27.8 Å². The molecule has 0 aliphatic rings. The minimum atomic E-state index is -0.0770. The quantitative estimate of drug-likeness (QED) is 0.734. The first-order chi connectivity index (χ1) is 11.6. The van der Waals surface area contributed by atoms with Crippen LogP contribution >= 0.6 is 11.6 Å². The summed E-state index contributed by atoms with van der Waals surface area (Å²) in [4.78, 5) is 12.3. The highest BCUT2D eigenvalue weighted by Crippen LogP contribution is 2.23. The van der Waals surface area contributed by atoms with Gasteiger partial charge in [0.25, 0.3) is 0 Å². The third-order valence-electron chi connectivity index (χ3n) is 3.83. The van der Waals surface area contributed by atoms with Crippen molar-refractivity contribution in [3.63, 3.8) is 0 Å². The van der Waals surface area contributed by atoms with E-state index in [1.807, 2.05) is 61.0 Å². The van der Waals surface area contributed by atoms with E-state index < -0.39 is 0 Å². The number of ether oxygens (including phenoxy) is 1. The zero-order chi connectivity index (χ0) is 17.1. The maximum absolute atomic E-state index is 12.3. The van der Waals surface area contributed by atoms with Gasteiger partial charge >= 0.3 is 0 Å². The van der Waals surface area contributed by atoms with Crippen LogP contribution in [0.5, 0.6) is 5.75 Å². The van der Waals surface area contributed by atoms with Gasteiger partial charge in [0.05, 0.1) is 6.61 Å². The van der Waals surface area contributed by atoms with Crippen LogP contribution in [0.25, 0.3) is 10.9 Å². The summed E-state index contributed by atoms with van der Waals surface area (Å²) in [6.07, 6.45) is 1.91. The van der Waals surface area contributed by atoms with Gasteiger partial charge in [-0.15, -0.1) is 0 Å². The number of aryl methyl sites for hydroxylation is 1. The molecule has 0 aliphatic carbocycles. The van der Waals surface area contributed by atoms with E-state index in [2.05, 4.69) is 5.32 Å². The standard InChI is InChI=1S/C19H19ClN2O2/c1-3-24-16-5-7-18-14(11-16)8-9-22(18)12-19(23)21-17-6-4-15(20)10-13(17)2/h4-11H,3,12H2,1-2H3,(H,21,23). The number of anilines is 1. The maximum Gasteiger partial charge on any atom is 0.244 e. The van der Waals surface area contributed by atoms with Crippen LogP contribution in [-0.2, 0) is 11.3 Å². The lowest BCUT2D eigenvalue weighted by atomic mass is 10.2. The summed E-state index contributed by atoms with van der Waals surface area (Å²) in [6, 6.07) is 13.3. The van der Waals surface area contributed by atoms with E-state index in [4.69, 9.17) is 16.3 Å². The zero-order valence-electron chi connectivity index (χ0n) is 13.7. The molecule has 0 saturated carbocycles. The van der Waals surface area contributed by atoms with Gasteiger partial charge < -0.3 is 14.6 Å². The molecule has 124 valence electrons. The largest absolute Gasteiger partial charge is 0.494 e. The number of carbonyl (C=O) groups is 1. The van der Waals surface area contributed by atoms with E-state index in [1.54, 1.807) is 6.07 Å². The second-order valence-electron chi connectivity index (χ2n) is 5.60. The van der Waals surface area contributed by atoms with Gasteiger partial charge in [-0.1, -0.05) is 11.6 Å². The normalized spacial score (nSPS) is 10.8. The molecule has 4 nitrogen and oxygen atoms in total. The van der Waals surface area contributed by atoms with E-state index in [9.17, 15) is 4.79 Å². The number of hydrogen-bond acceptors (Lipinski definition) is 2. The molecule has 2 aromatic carbocycles. The Bertz CT molecular complexity index is 886.